The van der Waals surface area contributed by atoms with Crippen LogP contribution in [0.5, 0.6) is 0 Å². The van der Waals surface area contributed by atoms with E-state index >= 15 is 0 Å². The van der Waals surface area contributed by atoms with Gasteiger partial charge in [-0.1, -0.05) is 36.8 Å². The molecule has 0 aromatic heterocycles. The molecule has 2 aromatic rings. The summed E-state index contributed by atoms with van der Waals surface area (Å²) in [5.41, 5.74) is 3.95. The van der Waals surface area contributed by atoms with Crippen LogP contribution in [0.25, 0.3) is 0 Å². The maximum atomic E-state index is 12.6. The molecule has 1 heterocycles. The van der Waals surface area contributed by atoms with Gasteiger partial charge in [0.15, 0.2) is 0 Å². The first kappa shape index (κ1) is 18.2. The van der Waals surface area contributed by atoms with Gasteiger partial charge in [0.1, 0.15) is 0 Å². The summed E-state index contributed by atoms with van der Waals surface area (Å²) >= 11 is 0. The Kier molecular flexibility index (Phi) is 5.71. The number of amides is 2. The van der Waals surface area contributed by atoms with Crippen molar-refractivity contribution in [2.75, 3.05) is 18.4 Å². The van der Waals surface area contributed by atoms with E-state index in [-0.39, 0.29) is 17.7 Å². The van der Waals surface area contributed by atoms with E-state index in [9.17, 15) is 9.59 Å². The smallest absolute Gasteiger partial charge is 0.253 e. The van der Waals surface area contributed by atoms with Crippen LogP contribution in [0.15, 0.2) is 48.5 Å². The number of aryl methyl sites for hydroxylation is 2. The van der Waals surface area contributed by atoms with E-state index in [1.807, 2.05) is 60.4 Å². The Balaban J connectivity index is 1.53. The second-order valence-corrected chi connectivity index (χ2v) is 6.97. The van der Waals surface area contributed by atoms with Crippen LogP contribution < -0.4 is 5.32 Å². The lowest BCUT2D eigenvalue weighted by Gasteiger charge is -2.31. The highest BCUT2D eigenvalue weighted by Crippen LogP contribution is 2.21. The minimum absolute atomic E-state index is 0.0390. The van der Waals surface area contributed by atoms with Crippen molar-refractivity contribution in [2.24, 2.45) is 5.92 Å². The van der Waals surface area contributed by atoms with Crippen molar-refractivity contribution in [3.8, 4) is 0 Å². The molecule has 26 heavy (non-hydrogen) atoms. The summed E-state index contributed by atoms with van der Waals surface area (Å²) in [6.07, 6.45) is 2.40. The van der Waals surface area contributed by atoms with E-state index in [1.54, 1.807) is 0 Å². The third kappa shape index (κ3) is 4.31. The molecule has 3 rings (SSSR count). The zero-order chi connectivity index (χ0) is 18.5. The number of rotatable bonds is 4. The SMILES string of the molecule is CCc1ccc(NC(=O)C2CCN(C(=O)c3ccc(C)cc3)CC2)cc1. The number of anilines is 1. The topological polar surface area (TPSA) is 49.4 Å². The lowest BCUT2D eigenvalue weighted by atomic mass is 9.95. The Morgan fingerprint density at radius 3 is 2.19 bits per heavy atom. The van der Waals surface area contributed by atoms with Gasteiger partial charge in [-0.15, -0.1) is 0 Å². The molecule has 136 valence electrons. The summed E-state index contributed by atoms with van der Waals surface area (Å²) in [6, 6.07) is 15.6. The van der Waals surface area contributed by atoms with Crippen molar-refractivity contribution in [3.63, 3.8) is 0 Å². The molecule has 0 aliphatic carbocycles. The molecule has 1 N–H and O–H groups in total. The number of hydrogen-bond acceptors (Lipinski definition) is 2. The van der Waals surface area contributed by atoms with Gasteiger partial charge in [0.25, 0.3) is 5.91 Å². The van der Waals surface area contributed by atoms with Gasteiger partial charge >= 0.3 is 0 Å². The maximum absolute atomic E-state index is 12.6. The number of nitrogens with one attached hydrogen (secondary N) is 1. The van der Waals surface area contributed by atoms with Gasteiger partial charge in [-0.25, -0.2) is 0 Å². The predicted octanol–water partition coefficient (Wildman–Crippen LogP) is 4.05. The van der Waals surface area contributed by atoms with Crippen molar-refractivity contribution >= 4 is 17.5 Å². The first-order chi connectivity index (χ1) is 12.6. The summed E-state index contributed by atoms with van der Waals surface area (Å²) in [5, 5.41) is 3.00. The van der Waals surface area contributed by atoms with Crippen LogP contribution in [-0.4, -0.2) is 29.8 Å². The first-order valence-corrected chi connectivity index (χ1v) is 9.32. The van der Waals surface area contributed by atoms with Gasteiger partial charge in [-0.3, -0.25) is 9.59 Å². The van der Waals surface area contributed by atoms with Crippen LogP contribution >= 0.6 is 0 Å². The highest BCUT2D eigenvalue weighted by Gasteiger charge is 2.27. The number of nitrogens with zero attached hydrogens (tertiary/aromatic N) is 1. The minimum Gasteiger partial charge on any atom is -0.339 e. The molecule has 0 unspecified atom stereocenters. The molecular weight excluding hydrogens is 324 g/mol. The van der Waals surface area contributed by atoms with E-state index in [4.69, 9.17) is 0 Å². The molecular formula is C22H26N2O2. The third-order valence-electron chi connectivity index (χ3n) is 5.08. The number of piperidine rings is 1. The van der Waals surface area contributed by atoms with E-state index in [2.05, 4.69) is 12.2 Å². The zero-order valence-electron chi connectivity index (χ0n) is 15.5. The highest BCUT2D eigenvalue weighted by molar-refractivity contribution is 5.95. The van der Waals surface area contributed by atoms with E-state index in [0.29, 0.717) is 25.9 Å². The van der Waals surface area contributed by atoms with Crippen LogP contribution in [0.1, 0.15) is 41.3 Å². The second kappa shape index (κ2) is 8.17. The van der Waals surface area contributed by atoms with Gasteiger partial charge in [0.2, 0.25) is 5.91 Å². The molecule has 4 nitrogen and oxygen atoms in total. The Morgan fingerprint density at radius 2 is 1.62 bits per heavy atom. The lowest BCUT2D eigenvalue weighted by Crippen LogP contribution is -2.41. The summed E-state index contributed by atoms with van der Waals surface area (Å²) < 4.78 is 0. The van der Waals surface area contributed by atoms with Gasteiger partial charge in [0, 0.05) is 30.3 Å². The monoisotopic (exact) mass is 350 g/mol. The Morgan fingerprint density at radius 1 is 1.00 bits per heavy atom. The zero-order valence-corrected chi connectivity index (χ0v) is 15.5. The van der Waals surface area contributed by atoms with Crippen molar-refractivity contribution in [1.82, 2.24) is 4.90 Å². The normalized spacial score (nSPS) is 14.9. The highest BCUT2D eigenvalue weighted by atomic mass is 16.2. The fourth-order valence-electron chi connectivity index (χ4n) is 3.29. The molecule has 4 heteroatoms. The fraction of sp³-hybridized carbons (Fsp3) is 0.364. The van der Waals surface area contributed by atoms with Crippen LogP contribution in [0, 0.1) is 12.8 Å². The number of carbonyl (C=O) groups is 2. The van der Waals surface area contributed by atoms with Gasteiger partial charge < -0.3 is 10.2 Å². The second-order valence-electron chi connectivity index (χ2n) is 6.97. The largest absolute Gasteiger partial charge is 0.339 e. The molecule has 0 atom stereocenters. The molecule has 2 aromatic carbocycles. The van der Waals surface area contributed by atoms with E-state index < -0.39 is 0 Å². The van der Waals surface area contributed by atoms with Crippen LogP contribution in [0.3, 0.4) is 0 Å². The predicted molar refractivity (Wildman–Crippen MR) is 104 cm³/mol. The lowest BCUT2D eigenvalue weighted by molar-refractivity contribution is -0.121. The van der Waals surface area contributed by atoms with E-state index in [0.717, 1.165) is 23.2 Å². The first-order valence-electron chi connectivity index (χ1n) is 9.32. The molecule has 2 amide bonds. The standard InChI is InChI=1S/C22H26N2O2/c1-3-17-6-10-20(11-7-17)23-21(25)18-12-14-24(15-13-18)22(26)19-8-4-16(2)5-9-19/h4-11,18H,3,12-15H2,1-2H3,(H,23,25). The summed E-state index contributed by atoms with van der Waals surface area (Å²) in [6.45, 7) is 5.37. The quantitative estimate of drug-likeness (QED) is 0.904. The van der Waals surface area contributed by atoms with Crippen molar-refractivity contribution in [2.45, 2.75) is 33.1 Å². The molecule has 1 fully saturated rings. The molecule has 0 radical (unpaired) electrons. The van der Waals surface area contributed by atoms with Gasteiger partial charge in [-0.05, 0) is 56.0 Å². The van der Waals surface area contributed by atoms with Crippen molar-refractivity contribution in [1.29, 1.82) is 0 Å². The molecule has 0 bridgehead atoms. The Bertz CT molecular complexity index is 758. The number of likely N-dealkylation sites (tertiary alicyclic amines) is 1. The summed E-state index contributed by atoms with van der Waals surface area (Å²) in [7, 11) is 0. The Hall–Kier alpha value is -2.62. The van der Waals surface area contributed by atoms with Crippen LogP contribution in [0.4, 0.5) is 5.69 Å². The van der Waals surface area contributed by atoms with Crippen LogP contribution in [0.2, 0.25) is 0 Å². The molecule has 0 spiro atoms. The third-order valence-corrected chi connectivity index (χ3v) is 5.08. The Labute approximate surface area is 155 Å². The van der Waals surface area contributed by atoms with Crippen LogP contribution in [-0.2, 0) is 11.2 Å². The van der Waals surface area contributed by atoms with Gasteiger partial charge in [-0.2, -0.15) is 0 Å². The van der Waals surface area contributed by atoms with Crippen molar-refractivity contribution in [3.05, 3.63) is 65.2 Å². The summed E-state index contributed by atoms with van der Waals surface area (Å²) in [5.74, 6) is 0.0682. The molecule has 1 aliphatic heterocycles. The van der Waals surface area contributed by atoms with Gasteiger partial charge in [0.05, 0.1) is 0 Å². The molecule has 0 saturated carbocycles. The van der Waals surface area contributed by atoms with Crippen molar-refractivity contribution < 1.29 is 9.59 Å². The molecule has 1 saturated heterocycles. The number of benzene rings is 2. The average Bonchev–Trinajstić information content (AvgIpc) is 2.69. The maximum Gasteiger partial charge on any atom is 0.253 e. The average molecular weight is 350 g/mol. The fourth-order valence-corrected chi connectivity index (χ4v) is 3.29. The number of hydrogen-bond donors (Lipinski definition) is 1. The van der Waals surface area contributed by atoms with E-state index in [1.165, 1.54) is 5.56 Å². The minimum atomic E-state index is -0.0390. The summed E-state index contributed by atoms with van der Waals surface area (Å²) in [4.78, 5) is 26.9. The molecule has 1 aliphatic rings. The number of carbonyl (C=O) groups excluding carboxylic acids is 2.